The molecular weight excluding hydrogens is 374 g/mol. The Balaban J connectivity index is 1.37. The number of hydrogen-bond donors (Lipinski definition) is 2. The van der Waals surface area contributed by atoms with Gasteiger partial charge >= 0.3 is 11.8 Å². The Morgan fingerprint density at radius 1 is 0.964 bits per heavy atom. The van der Waals surface area contributed by atoms with Crippen LogP contribution < -0.4 is 15.5 Å². The molecule has 3 rings (SSSR count). The molecule has 0 aromatic heterocycles. The van der Waals surface area contributed by atoms with E-state index in [2.05, 4.69) is 39.8 Å². The van der Waals surface area contributed by atoms with Crippen molar-refractivity contribution in [3.8, 4) is 0 Å². The predicted molar refractivity (Wildman–Crippen MR) is 114 cm³/mol. The van der Waals surface area contributed by atoms with Crippen LogP contribution in [0.2, 0.25) is 5.02 Å². The summed E-state index contributed by atoms with van der Waals surface area (Å²) in [5.41, 5.74) is 3.02. The molecule has 1 aliphatic heterocycles. The molecule has 6 heteroatoms. The van der Waals surface area contributed by atoms with Crippen LogP contribution in [0.15, 0.2) is 48.5 Å². The number of rotatable bonds is 6. The van der Waals surface area contributed by atoms with Gasteiger partial charge in [0.25, 0.3) is 0 Å². The average molecular weight is 400 g/mol. The lowest BCUT2D eigenvalue weighted by Crippen LogP contribution is -2.36. The topological polar surface area (TPSA) is 61.4 Å². The Hall–Kier alpha value is -2.53. The molecule has 0 unspecified atom stereocenters. The number of anilines is 2. The molecule has 0 aliphatic carbocycles. The first-order valence-electron chi connectivity index (χ1n) is 9.80. The van der Waals surface area contributed by atoms with Gasteiger partial charge in [-0.1, -0.05) is 29.8 Å². The van der Waals surface area contributed by atoms with Crippen molar-refractivity contribution < 1.29 is 9.59 Å². The molecule has 1 saturated heterocycles. The molecule has 1 aliphatic rings. The molecule has 0 atom stereocenters. The number of aryl methyl sites for hydroxylation is 1. The van der Waals surface area contributed by atoms with Crippen molar-refractivity contribution in [3.63, 3.8) is 0 Å². The molecule has 0 radical (unpaired) electrons. The Morgan fingerprint density at radius 2 is 1.71 bits per heavy atom. The number of halogens is 1. The maximum absolute atomic E-state index is 11.9. The number of nitrogens with one attached hydrogen (secondary N) is 2. The van der Waals surface area contributed by atoms with Gasteiger partial charge in [0.05, 0.1) is 0 Å². The normalized spacial score (nSPS) is 13.8. The molecule has 2 aromatic rings. The van der Waals surface area contributed by atoms with E-state index in [1.165, 1.54) is 30.5 Å². The molecule has 5 nitrogen and oxygen atoms in total. The first kappa shape index (κ1) is 20.2. The van der Waals surface area contributed by atoms with Crippen LogP contribution in [0.1, 0.15) is 31.2 Å². The summed E-state index contributed by atoms with van der Waals surface area (Å²) in [7, 11) is 0. The molecule has 0 saturated carbocycles. The van der Waals surface area contributed by atoms with E-state index in [0.29, 0.717) is 17.3 Å². The fourth-order valence-corrected chi connectivity index (χ4v) is 3.54. The Bertz CT molecular complexity index is 802. The van der Waals surface area contributed by atoms with E-state index in [9.17, 15) is 9.59 Å². The molecule has 1 fully saturated rings. The van der Waals surface area contributed by atoms with Gasteiger partial charge < -0.3 is 15.5 Å². The first-order chi connectivity index (χ1) is 13.6. The minimum Gasteiger partial charge on any atom is -0.372 e. The van der Waals surface area contributed by atoms with Crippen molar-refractivity contribution in [3.05, 3.63) is 59.1 Å². The fourth-order valence-electron chi connectivity index (χ4n) is 3.35. The number of amides is 2. The van der Waals surface area contributed by atoms with Crippen LogP contribution in [0.5, 0.6) is 0 Å². The largest absolute Gasteiger partial charge is 0.372 e. The van der Waals surface area contributed by atoms with Gasteiger partial charge in [-0.2, -0.15) is 0 Å². The molecule has 148 valence electrons. The number of carbonyl (C=O) groups is 2. The highest BCUT2D eigenvalue weighted by Gasteiger charge is 2.13. The van der Waals surface area contributed by atoms with E-state index in [-0.39, 0.29) is 0 Å². The zero-order valence-electron chi connectivity index (χ0n) is 15.9. The zero-order chi connectivity index (χ0) is 19.8. The summed E-state index contributed by atoms with van der Waals surface area (Å²) >= 11 is 5.87. The molecular formula is C22H26ClN3O2. The summed E-state index contributed by atoms with van der Waals surface area (Å²) in [6.45, 7) is 2.74. The van der Waals surface area contributed by atoms with Crippen LogP contribution in [-0.4, -0.2) is 31.4 Å². The van der Waals surface area contributed by atoms with Gasteiger partial charge in [0.15, 0.2) is 0 Å². The number of hydrogen-bond acceptors (Lipinski definition) is 3. The van der Waals surface area contributed by atoms with E-state index in [1.807, 2.05) is 0 Å². The SMILES string of the molecule is O=C(NCCCc1ccc(N2CCCCC2)cc1)C(=O)Nc1cccc(Cl)c1. The van der Waals surface area contributed by atoms with Crippen LogP contribution in [-0.2, 0) is 16.0 Å². The van der Waals surface area contributed by atoms with Crippen molar-refractivity contribution in [2.24, 2.45) is 0 Å². The van der Waals surface area contributed by atoms with Crippen molar-refractivity contribution in [2.75, 3.05) is 29.9 Å². The molecule has 2 aromatic carbocycles. The lowest BCUT2D eigenvalue weighted by molar-refractivity contribution is -0.136. The highest BCUT2D eigenvalue weighted by molar-refractivity contribution is 6.39. The lowest BCUT2D eigenvalue weighted by atomic mass is 10.1. The zero-order valence-corrected chi connectivity index (χ0v) is 16.7. The van der Waals surface area contributed by atoms with E-state index >= 15 is 0 Å². The van der Waals surface area contributed by atoms with Gasteiger partial charge in [0.1, 0.15) is 0 Å². The standard InChI is InChI=1S/C22H26ClN3O2/c23-18-7-4-8-19(16-18)25-22(28)21(27)24-13-5-6-17-9-11-20(12-10-17)26-14-2-1-3-15-26/h4,7-12,16H,1-3,5-6,13-15H2,(H,24,27)(H,25,28). The smallest absolute Gasteiger partial charge is 0.313 e. The van der Waals surface area contributed by atoms with Crippen molar-refractivity contribution in [1.29, 1.82) is 0 Å². The van der Waals surface area contributed by atoms with Gasteiger partial charge in [-0.05, 0) is 68.0 Å². The first-order valence-corrected chi connectivity index (χ1v) is 10.2. The minimum absolute atomic E-state index is 0.454. The Kier molecular flexibility index (Phi) is 7.31. The van der Waals surface area contributed by atoms with Crippen LogP contribution in [0.3, 0.4) is 0 Å². The van der Waals surface area contributed by atoms with Crippen molar-refractivity contribution in [2.45, 2.75) is 32.1 Å². The number of nitrogens with zero attached hydrogens (tertiary/aromatic N) is 1. The average Bonchev–Trinajstić information content (AvgIpc) is 2.72. The number of benzene rings is 2. The second-order valence-corrected chi connectivity index (χ2v) is 7.47. The summed E-state index contributed by atoms with van der Waals surface area (Å²) < 4.78 is 0. The lowest BCUT2D eigenvalue weighted by Gasteiger charge is -2.28. The van der Waals surface area contributed by atoms with E-state index < -0.39 is 11.8 Å². The van der Waals surface area contributed by atoms with Crippen molar-refractivity contribution in [1.82, 2.24) is 5.32 Å². The highest BCUT2D eigenvalue weighted by atomic mass is 35.5. The maximum atomic E-state index is 11.9. The fraction of sp³-hybridized carbons (Fsp3) is 0.364. The number of carbonyl (C=O) groups excluding carboxylic acids is 2. The number of piperidine rings is 1. The van der Waals surface area contributed by atoms with Crippen LogP contribution in [0.4, 0.5) is 11.4 Å². The molecule has 0 bridgehead atoms. The van der Waals surface area contributed by atoms with E-state index in [4.69, 9.17) is 11.6 Å². The minimum atomic E-state index is -0.687. The third-order valence-electron chi connectivity index (χ3n) is 4.87. The van der Waals surface area contributed by atoms with Gasteiger partial charge in [0, 0.05) is 36.0 Å². The second-order valence-electron chi connectivity index (χ2n) is 7.04. The van der Waals surface area contributed by atoms with E-state index in [0.717, 1.165) is 25.9 Å². The highest BCUT2D eigenvalue weighted by Crippen LogP contribution is 2.20. The molecule has 2 amide bonds. The summed E-state index contributed by atoms with van der Waals surface area (Å²) in [5.74, 6) is -1.33. The summed E-state index contributed by atoms with van der Waals surface area (Å²) in [5, 5.41) is 5.70. The van der Waals surface area contributed by atoms with Crippen LogP contribution >= 0.6 is 11.6 Å². The third-order valence-corrected chi connectivity index (χ3v) is 5.11. The van der Waals surface area contributed by atoms with Crippen LogP contribution in [0, 0.1) is 0 Å². The van der Waals surface area contributed by atoms with Gasteiger partial charge in [0.2, 0.25) is 0 Å². The summed E-state index contributed by atoms with van der Waals surface area (Å²) in [6.07, 6.45) is 5.51. The van der Waals surface area contributed by atoms with E-state index in [1.54, 1.807) is 24.3 Å². The molecule has 1 heterocycles. The van der Waals surface area contributed by atoms with Gasteiger partial charge in [-0.25, -0.2) is 0 Å². The maximum Gasteiger partial charge on any atom is 0.313 e. The summed E-state index contributed by atoms with van der Waals surface area (Å²) in [6, 6.07) is 15.4. The monoisotopic (exact) mass is 399 g/mol. The summed E-state index contributed by atoms with van der Waals surface area (Å²) in [4.78, 5) is 26.2. The predicted octanol–water partition coefficient (Wildman–Crippen LogP) is 4.02. The van der Waals surface area contributed by atoms with Crippen molar-refractivity contribution >= 4 is 34.8 Å². The quantitative estimate of drug-likeness (QED) is 0.569. The van der Waals surface area contributed by atoms with Gasteiger partial charge in [-0.15, -0.1) is 0 Å². The third kappa shape index (κ3) is 5.99. The second kappa shape index (κ2) is 10.1. The van der Waals surface area contributed by atoms with Gasteiger partial charge in [-0.3, -0.25) is 9.59 Å². The Morgan fingerprint density at radius 3 is 2.43 bits per heavy atom. The van der Waals surface area contributed by atoms with Crippen LogP contribution in [0.25, 0.3) is 0 Å². The molecule has 0 spiro atoms. The molecule has 28 heavy (non-hydrogen) atoms. The Labute approximate surface area is 171 Å². The molecule has 2 N–H and O–H groups in total.